The number of hydrogen-bond donors (Lipinski definition) is 2. The largest absolute Gasteiger partial charge is 0.493 e. The van der Waals surface area contributed by atoms with Crippen molar-refractivity contribution >= 4 is 0 Å². The highest BCUT2D eigenvalue weighted by atomic mass is 16.7. The van der Waals surface area contributed by atoms with Crippen LogP contribution in [0.3, 0.4) is 0 Å². The molecule has 0 aromatic heterocycles. The van der Waals surface area contributed by atoms with Gasteiger partial charge in [-0.15, -0.1) is 0 Å². The molecule has 6 nitrogen and oxygen atoms in total. The summed E-state index contributed by atoms with van der Waals surface area (Å²) in [4.78, 5) is 0. The van der Waals surface area contributed by atoms with Gasteiger partial charge in [0.2, 0.25) is 6.79 Å². The van der Waals surface area contributed by atoms with Gasteiger partial charge in [-0.2, -0.15) is 0 Å². The van der Waals surface area contributed by atoms with E-state index in [4.69, 9.17) is 18.9 Å². The Hall–Kier alpha value is -2.44. The van der Waals surface area contributed by atoms with Crippen molar-refractivity contribution in [2.45, 2.75) is 12.8 Å². The van der Waals surface area contributed by atoms with Crippen molar-refractivity contribution in [3.05, 3.63) is 47.5 Å². The first-order chi connectivity index (χ1) is 13.2. The lowest BCUT2D eigenvalue weighted by atomic mass is 9.83. The molecule has 1 aliphatic heterocycles. The molecular weight excluding hydrogens is 348 g/mol. The van der Waals surface area contributed by atoms with Crippen LogP contribution in [0, 0.1) is 11.8 Å². The van der Waals surface area contributed by atoms with E-state index in [9.17, 15) is 10.2 Å². The fourth-order valence-electron chi connectivity index (χ4n) is 3.44. The number of benzene rings is 2. The third kappa shape index (κ3) is 4.46. The van der Waals surface area contributed by atoms with Crippen molar-refractivity contribution in [3.8, 4) is 23.0 Å². The molecule has 27 heavy (non-hydrogen) atoms. The third-order valence-electron chi connectivity index (χ3n) is 5.02. The lowest BCUT2D eigenvalue weighted by Crippen LogP contribution is -2.26. The fraction of sp³-hybridized carbons (Fsp3) is 0.429. The summed E-state index contributed by atoms with van der Waals surface area (Å²) < 4.78 is 21.4. The molecular formula is C21H26O6. The Morgan fingerprint density at radius 1 is 0.815 bits per heavy atom. The number of fused-ring (bicyclic) bond motifs is 1. The molecule has 0 unspecified atom stereocenters. The molecule has 2 atom stereocenters. The number of rotatable bonds is 9. The van der Waals surface area contributed by atoms with E-state index in [1.807, 2.05) is 36.4 Å². The van der Waals surface area contributed by atoms with Gasteiger partial charge in [0, 0.05) is 13.2 Å². The first-order valence-corrected chi connectivity index (χ1v) is 8.99. The molecule has 0 saturated carbocycles. The molecule has 6 heteroatoms. The van der Waals surface area contributed by atoms with E-state index in [1.165, 1.54) is 0 Å². The van der Waals surface area contributed by atoms with E-state index < -0.39 is 0 Å². The van der Waals surface area contributed by atoms with Gasteiger partial charge in [-0.3, -0.25) is 0 Å². The maximum atomic E-state index is 9.94. The van der Waals surface area contributed by atoms with Crippen LogP contribution in [0.15, 0.2) is 36.4 Å². The second-order valence-electron chi connectivity index (χ2n) is 6.67. The molecule has 1 aliphatic rings. The van der Waals surface area contributed by atoms with Crippen LogP contribution >= 0.6 is 0 Å². The molecule has 2 aromatic rings. The Morgan fingerprint density at radius 3 is 2.04 bits per heavy atom. The maximum Gasteiger partial charge on any atom is 0.231 e. The summed E-state index contributed by atoms with van der Waals surface area (Å²) in [6.07, 6.45) is 1.28. The number of ether oxygens (including phenoxy) is 4. The Kier molecular flexibility index (Phi) is 6.42. The van der Waals surface area contributed by atoms with Crippen LogP contribution in [0.25, 0.3) is 0 Å². The lowest BCUT2D eigenvalue weighted by molar-refractivity contribution is 0.119. The minimum atomic E-state index is -0.0847. The van der Waals surface area contributed by atoms with E-state index in [-0.39, 0.29) is 31.8 Å². The average Bonchev–Trinajstić information content (AvgIpc) is 3.18. The number of aliphatic hydroxyl groups excluding tert-OH is 2. The summed E-state index contributed by atoms with van der Waals surface area (Å²) in [5.41, 5.74) is 2.07. The predicted molar refractivity (Wildman–Crippen MR) is 101 cm³/mol. The SMILES string of the molecule is COc1ccc(C[C@@H](CO)[C@H](CO)Cc2ccc3c(c2)OCO3)cc1OC. The second-order valence-corrected chi connectivity index (χ2v) is 6.67. The van der Waals surface area contributed by atoms with Gasteiger partial charge >= 0.3 is 0 Å². The summed E-state index contributed by atoms with van der Waals surface area (Å²) in [6.45, 7) is 0.220. The van der Waals surface area contributed by atoms with Gasteiger partial charge in [0.05, 0.1) is 14.2 Å². The summed E-state index contributed by atoms with van der Waals surface area (Å²) in [5.74, 6) is 2.62. The fourth-order valence-corrected chi connectivity index (χ4v) is 3.44. The molecule has 0 saturated heterocycles. The van der Waals surface area contributed by atoms with E-state index in [0.717, 1.165) is 22.6 Å². The van der Waals surface area contributed by atoms with Gasteiger partial charge in [0.15, 0.2) is 23.0 Å². The van der Waals surface area contributed by atoms with Crippen molar-refractivity contribution in [1.29, 1.82) is 0 Å². The Labute approximate surface area is 159 Å². The molecule has 0 radical (unpaired) electrons. The Balaban J connectivity index is 1.72. The predicted octanol–water partition coefficient (Wildman–Crippen LogP) is 2.43. The monoisotopic (exact) mass is 374 g/mol. The van der Waals surface area contributed by atoms with Gasteiger partial charge in [-0.1, -0.05) is 12.1 Å². The van der Waals surface area contributed by atoms with Crippen LogP contribution in [0.5, 0.6) is 23.0 Å². The average molecular weight is 374 g/mol. The quantitative estimate of drug-likeness (QED) is 0.702. The number of methoxy groups -OCH3 is 2. The van der Waals surface area contributed by atoms with E-state index >= 15 is 0 Å². The molecule has 0 aliphatic carbocycles. The molecule has 0 amide bonds. The van der Waals surface area contributed by atoms with Crippen molar-refractivity contribution < 1.29 is 29.2 Å². The van der Waals surface area contributed by atoms with Crippen LogP contribution in [0.1, 0.15) is 11.1 Å². The first kappa shape index (κ1) is 19.3. The first-order valence-electron chi connectivity index (χ1n) is 8.99. The molecule has 2 aromatic carbocycles. The summed E-state index contributed by atoms with van der Waals surface area (Å²) in [7, 11) is 3.20. The van der Waals surface area contributed by atoms with Crippen LogP contribution in [0.4, 0.5) is 0 Å². The van der Waals surface area contributed by atoms with Gasteiger partial charge in [0.25, 0.3) is 0 Å². The second kappa shape index (κ2) is 8.97. The van der Waals surface area contributed by atoms with Crippen molar-refractivity contribution in [3.63, 3.8) is 0 Å². The topological polar surface area (TPSA) is 77.4 Å². The standard InChI is InChI=1S/C21H26O6/c1-24-18-5-3-14(9-20(18)25-2)7-16(11-22)17(12-23)8-15-4-6-19-21(10-15)27-13-26-19/h3-6,9-10,16-17,22-23H,7-8,11-13H2,1-2H3/t16-,17-/m0/s1. The number of aliphatic hydroxyl groups is 2. The van der Waals surface area contributed by atoms with E-state index in [0.29, 0.717) is 24.3 Å². The minimum Gasteiger partial charge on any atom is -0.493 e. The van der Waals surface area contributed by atoms with Crippen LogP contribution in [-0.4, -0.2) is 44.4 Å². The van der Waals surface area contributed by atoms with Gasteiger partial charge in [-0.25, -0.2) is 0 Å². The highest BCUT2D eigenvalue weighted by molar-refractivity contribution is 5.45. The molecule has 146 valence electrons. The molecule has 1 heterocycles. The Bertz CT molecular complexity index is 760. The van der Waals surface area contributed by atoms with Gasteiger partial charge in [0.1, 0.15) is 0 Å². The summed E-state index contributed by atoms with van der Waals surface area (Å²) in [5, 5.41) is 19.9. The van der Waals surface area contributed by atoms with Gasteiger partial charge in [-0.05, 0) is 60.1 Å². The van der Waals surface area contributed by atoms with Crippen molar-refractivity contribution in [1.82, 2.24) is 0 Å². The number of hydrogen-bond acceptors (Lipinski definition) is 6. The summed E-state index contributed by atoms with van der Waals surface area (Å²) >= 11 is 0. The van der Waals surface area contributed by atoms with Crippen LogP contribution in [-0.2, 0) is 12.8 Å². The summed E-state index contributed by atoms with van der Waals surface area (Å²) in [6, 6.07) is 11.5. The molecule has 2 N–H and O–H groups in total. The lowest BCUT2D eigenvalue weighted by Gasteiger charge is -2.24. The smallest absolute Gasteiger partial charge is 0.231 e. The zero-order valence-electron chi connectivity index (χ0n) is 15.7. The highest BCUT2D eigenvalue weighted by Gasteiger charge is 2.23. The molecule has 0 fully saturated rings. The third-order valence-corrected chi connectivity index (χ3v) is 5.02. The van der Waals surface area contributed by atoms with Crippen LogP contribution in [0.2, 0.25) is 0 Å². The van der Waals surface area contributed by atoms with Crippen molar-refractivity contribution in [2.24, 2.45) is 11.8 Å². The van der Waals surface area contributed by atoms with Crippen LogP contribution < -0.4 is 18.9 Å². The molecule has 3 rings (SSSR count). The zero-order chi connectivity index (χ0) is 19.2. The van der Waals surface area contributed by atoms with Crippen molar-refractivity contribution in [2.75, 3.05) is 34.2 Å². The van der Waals surface area contributed by atoms with E-state index in [2.05, 4.69) is 0 Å². The highest BCUT2D eigenvalue weighted by Crippen LogP contribution is 2.34. The molecule has 0 spiro atoms. The van der Waals surface area contributed by atoms with E-state index in [1.54, 1.807) is 14.2 Å². The van der Waals surface area contributed by atoms with Gasteiger partial charge < -0.3 is 29.2 Å². The Morgan fingerprint density at radius 2 is 1.41 bits per heavy atom. The molecule has 0 bridgehead atoms. The minimum absolute atomic E-state index is 0.00699. The zero-order valence-corrected chi connectivity index (χ0v) is 15.7. The normalized spacial score (nSPS) is 14.7. The maximum absolute atomic E-state index is 9.94.